The fourth-order valence-corrected chi connectivity index (χ4v) is 4.67. The molecule has 1 heterocycles. The summed E-state index contributed by atoms with van der Waals surface area (Å²) in [6, 6.07) is 37.1. The molecule has 0 atom stereocenters. The summed E-state index contributed by atoms with van der Waals surface area (Å²) in [5.74, 6) is 0. The number of hydrogen-bond donors (Lipinski definition) is 0. The Bertz CT molecular complexity index is 1600. The molecule has 3 heteroatoms. The number of nitroso groups, excluding NO2 is 1. The van der Waals surface area contributed by atoms with Gasteiger partial charge < -0.3 is 4.57 Å². The molecule has 6 rings (SSSR count). The molecular formula is C28H18N2O. The van der Waals surface area contributed by atoms with E-state index in [9.17, 15) is 4.91 Å². The molecule has 6 aromatic rings. The van der Waals surface area contributed by atoms with Gasteiger partial charge in [0.15, 0.2) is 0 Å². The molecule has 0 unspecified atom stereocenters. The van der Waals surface area contributed by atoms with Gasteiger partial charge in [-0.05, 0) is 46.5 Å². The molecule has 146 valence electrons. The predicted molar refractivity (Wildman–Crippen MR) is 129 cm³/mol. The highest BCUT2D eigenvalue weighted by Gasteiger charge is 2.18. The van der Waals surface area contributed by atoms with Crippen molar-refractivity contribution in [2.24, 2.45) is 5.18 Å². The fraction of sp³-hybridized carbons (Fsp3) is 0. The number of nitrogens with zero attached hydrogens (tertiary/aromatic N) is 2. The van der Waals surface area contributed by atoms with E-state index in [1.807, 2.05) is 30.3 Å². The van der Waals surface area contributed by atoms with Crippen LogP contribution in [0.25, 0.3) is 49.4 Å². The third kappa shape index (κ3) is 2.60. The zero-order valence-corrected chi connectivity index (χ0v) is 16.7. The van der Waals surface area contributed by atoms with Crippen molar-refractivity contribution in [1.29, 1.82) is 0 Å². The smallest absolute Gasteiger partial charge is 0.115 e. The first kappa shape index (κ1) is 17.6. The Morgan fingerprint density at radius 2 is 1.19 bits per heavy atom. The number of aromatic nitrogens is 1. The number of fused-ring (bicyclic) bond motifs is 5. The quantitative estimate of drug-likeness (QED) is 0.278. The van der Waals surface area contributed by atoms with E-state index in [2.05, 4.69) is 82.5 Å². The minimum absolute atomic E-state index is 0.457. The maximum atomic E-state index is 11.5. The highest BCUT2D eigenvalue weighted by molar-refractivity contribution is 6.22. The van der Waals surface area contributed by atoms with Crippen LogP contribution < -0.4 is 0 Å². The first-order valence-corrected chi connectivity index (χ1v) is 10.3. The number of hydrogen-bond acceptors (Lipinski definition) is 2. The topological polar surface area (TPSA) is 34.4 Å². The van der Waals surface area contributed by atoms with Crippen LogP contribution in [-0.4, -0.2) is 4.57 Å². The van der Waals surface area contributed by atoms with Crippen LogP contribution in [0.1, 0.15) is 0 Å². The lowest BCUT2D eigenvalue weighted by molar-refractivity contribution is 1.19. The summed E-state index contributed by atoms with van der Waals surface area (Å²) in [4.78, 5) is 11.5. The van der Waals surface area contributed by atoms with E-state index in [1.165, 1.54) is 10.9 Å². The lowest BCUT2D eigenvalue weighted by atomic mass is 9.94. The van der Waals surface area contributed by atoms with Crippen molar-refractivity contribution < 1.29 is 0 Å². The van der Waals surface area contributed by atoms with Crippen molar-refractivity contribution in [1.82, 2.24) is 4.57 Å². The summed E-state index contributed by atoms with van der Waals surface area (Å²) in [6.07, 6.45) is 0. The maximum Gasteiger partial charge on any atom is 0.115 e. The van der Waals surface area contributed by atoms with Crippen LogP contribution in [-0.2, 0) is 0 Å². The minimum Gasteiger partial charge on any atom is -0.309 e. The summed E-state index contributed by atoms with van der Waals surface area (Å²) >= 11 is 0. The van der Waals surface area contributed by atoms with Gasteiger partial charge in [-0.2, -0.15) is 0 Å². The van der Waals surface area contributed by atoms with Crippen molar-refractivity contribution in [2.75, 3.05) is 0 Å². The van der Waals surface area contributed by atoms with Crippen molar-refractivity contribution in [3.63, 3.8) is 0 Å². The van der Waals surface area contributed by atoms with Crippen LogP contribution in [0.3, 0.4) is 0 Å². The first-order chi connectivity index (χ1) is 15.4. The van der Waals surface area contributed by atoms with Crippen LogP contribution in [0.15, 0.2) is 114 Å². The number of benzene rings is 5. The zero-order chi connectivity index (χ0) is 20.8. The van der Waals surface area contributed by atoms with Gasteiger partial charge in [0.2, 0.25) is 0 Å². The molecule has 0 N–H and O–H groups in total. The Morgan fingerprint density at radius 1 is 0.548 bits per heavy atom. The Morgan fingerprint density at radius 3 is 2.00 bits per heavy atom. The van der Waals surface area contributed by atoms with Gasteiger partial charge in [0.25, 0.3) is 0 Å². The summed E-state index contributed by atoms with van der Waals surface area (Å²) in [6.45, 7) is 0. The van der Waals surface area contributed by atoms with Gasteiger partial charge in [-0.1, -0.05) is 78.9 Å². The first-order valence-electron chi connectivity index (χ1n) is 10.3. The maximum absolute atomic E-state index is 11.5. The highest BCUT2D eigenvalue weighted by atomic mass is 16.3. The number of rotatable bonds is 3. The van der Waals surface area contributed by atoms with Gasteiger partial charge in [-0.25, -0.2) is 0 Å². The molecule has 0 spiro atoms. The van der Waals surface area contributed by atoms with Crippen LogP contribution in [0.5, 0.6) is 0 Å². The molecule has 0 radical (unpaired) electrons. The molecule has 0 fully saturated rings. The second-order valence-electron chi connectivity index (χ2n) is 7.66. The molecule has 0 aliphatic heterocycles. The summed E-state index contributed by atoms with van der Waals surface area (Å²) in [7, 11) is 0. The molecule has 0 aliphatic carbocycles. The van der Waals surface area contributed by atoms with E-state index in [-0.39, 0.29) is 0 Å². The van der Waals surface area contributed by atoms with E-state index >= 15 is 0 Å². The van der Waals surface area contributed by atoms with Gasteiger partial charge in [0, 0.05) is 27.4 Å². The van der Waals surface area contributed by atoms with Gasteiger partial charge in [-0.3, -0.25) is 0 Å². The van der Waals surface area contributed by atoms with E-state index in [4.69, 9.17) is 0 Å². The monoisotopic (exact) mass is 398 g/mol. The van der Waals surface area contributed by atoms with Crippen LogP contribution >= 0.6 is 0 Å². The normalized spacial score (nSPS) is 11.4. The molecule has 0 aliphatic rings. The van der Waals surface area contributed by atoms with Gasteiger partial charge >= 0.3 is 0 Å². The lowest BCUT2D eigenvalue weighted by Gasteiger charge is -2.13. The highest BCUT2D eigenvalue weighted by Crippen LogP contribution is 2.43. The van der Waals surface area contributed by atoms with Gasteiger partial charge in [-0.15, -0.1) is 4.91 Å². The van der Waals surface area contributed by atoms with Gasteiger partial charge in [0.05, 0.1) is 11.0 Å². The summed E-state index contributed by atoms with van der Waals surface area (Å²) in [5.41, 5.74) is 5.79. The zero-order valence-electron chi connectivity index (χ0n) is 16.7. The third-order valence-electron chi connectivity index (χ3n) is 5.98. The Hall–Kier alpha value is -4.24. The molecule has 0 bridgehead atoms. The summed E-state index contributed by atoms with van der Waals surface area (Å²) < 4.78 is 2.33. The van der Waals surface area contributed by atoms with E-state index in [0.29, 0.717) is 5.69 Å². The van der Waals surface area contributed by atoms with Gasteiger partial charge in [0.1, 0.15) is 5.69 Å². The van der Waals surface area contributed by atoms with Crippen LogP contribution in [0.2, 0.25) is 0 Å². The van der Waals surface area contributed by atoms with E-state index in [1.54, 1.807) is 6.07 Å². The second kappa shape index (κ2) is 6.92. The Kier molecular flexibility index (Phi) is 3.93. The SMILES string of the molecule is O=Nc1ccccc1-c1cc2c3ccccc3n(-c3ccccc3)c2c2ccccc12. The fourth-order valence-electron chi connectivity index (χ4n) is 4.67. The lowest BCUT2D eigenvalue weighted by Crippen LogP contribution is -1.94. The van der Waals surface area contributed by atoms with Crippen molar-refractivity contribution in [3.8, 4) is 16.8 Å². The van der Waals surface area contributed by atoms with Crippen LogP contribution in [0, 0.1) is 4.91 Å². The third-order valence-corrected chi connectivity index (χ3v) is 5.98. The largest absolute Gasteiger partial charge is 0.309 e. The predicted octanol–water partition coefficient (Wildman–Crippen LogP) is 8.00. The van der Waals surface area contributed by atoms with Crippen molar-refractivity contribution in [2.45, 2.75) is 0 Å². The standard InChI is InChI=1S/C28H18N2O/c31-29-26-16-8-6-13-21(26)24-18-25-22-14-7-9-17-27(22)30(19-10-2-1-3-11-19)28(25)23-15-5-4-12-20(23)24/h1-18H. The molecule has 31 heavy (non-hydrogen) atoms. The minimum atomic E-state index is 0.457. The average molecular weight is 398 g/mol. The molecule has 5 aromatic carbocycles. The molecule has 3 nitrogen and oxygen atoms in total. The number of para-hydroxylation sites is 2. The molecule has 0 saturated heterocycles. The van der Waals surface area contributed by atoms with E-state index < -0.39 is 0 Å². The average Bonchev–Trinajstić information content (AvgIpc) is 3.19. The van der Waals surface area contributed by atoms with Crippen molar-refractivity contribution in [3.05, 3.63) is 114 Å². The van der Waals surface area contributed by atoms with Crippen molar-refractivity contribution >= 4 is 38.3 Å². The summed E-state index contributed by atoms with van der Waals surface area (Å²) in [5, 5.41) is 7.89. The molecule has 1 aromatic heterocycles. The molecular weight excluding hydrogens is 380 g/mol. The Labute approximate surface area is 179 Å². The van der Waals surface area contributed by atoms with Crippen LogP contribution in [0.4, 0.5) is 5.69 Å². The second-order valence-corrected chi connectivity index (χ2v) is 7.66. The molecule has 0 amide bonds. The molecule has 0 saturated carbocycles. The van der Waals surface area contributed by atoms with E-state index in [0.717, 1.165) is 38.5 Å². The Balaban J connectivity index is 1.86.